The van der Waals surface area contributed by atoms with Gasteiger partial charge in [-0.05, 0) is 19.1 Å². The van der Waals surface area contributed by atoms with E-state index in [-0.39, 0.29) is 6.61 Å². The molecule has 0 saturated heterocycles. The molecule has 0 atom stereocenters. The maximum absolute atomic E-state index is 9.47. The van der Waals surface area contributed by atoms with E-state index in [1.807, 2.05) is 37.3 Å². The minimum atomic E-state index is -0.158. The molecule has 0 unspecified atom stereocenters. The van der Waals surface area contributed by atoms with Gasteiger partial charge in [-0.2, -0.15) is 10.4 Å². The molecular formula is C16H16N6OS. The fourth-order valence-corrected chi connectivity index (χ4v) is 3.31. The van der Waals surface area contributed by atoms with Crippen LogP contribution < -0.4 is 0 Å². The molecule has 24 heavy (non-hydrogen) atoms. The number of rotatable bonds is 5. The number of thioether (sulfide) groups is 1. The molecule has 0 saturated carbocycles. The van der Waals surface area contributed by atoms with Crippen molar-refractivity contribution >= 4 is 11.8 Å². The highest BCUT2D eigenvalue weighted by atomic mass is 32.2. The van der Waals surface area contributed by atoms with Crippen LogP contribution in [-0.2, 0) is 19.4 Å². The van der Waals surface area contributed by atoms with Crippen molar-refractivity contribution in [2.24, 2.45) is 7.05 Å². The zero-order chi connectivity index (χ0) is 17.1. The van der Waals surface area contributed by atoms with E-state index >= 15 is 0 Å². The van der Waals surface area contributed by atoms with Gasteiger partial charge in [0.05, 0.1) is 22.6 Å². The Morgan fingerprint density at radius 2 is 2.00 bits per heavy atom. The van der Waals surface area contributed by atoms with Crippen molar-refractivity contribution in [2.75, 3.05) is 0 Å². The first-order valence-electron chi connectivity index (χ1n) is 7.31. The molecule has 0 fully saturated rings. The molecule has 1 N–H and O–H groups in total. The molecule has 0 amide bonds. The second-order valence-electron chi connectivity index (χ2n) is 5.17. The van der Waals surface area contributed by atoms with E-state index in [1.165, 1.54) is 11.8 Å². The zero-order valence-corrected chi connectivity index (χ0v) is 14.2. The summed E-state index contributed by atoms with van der Waals surface area (Å²) in [6, 6.07) is 12.0. The minimum absolute atomic E-state index is 0.158. The largest absolute Gasteiger partial charge is 0.388 e. The fourth-order valence-electron chi connectivity index (χ4n) is 2.38. The number of aliphatic hydroxyl groups excluding tert-OH is 1. The van der Waals surface area contributed by atoms with Crippen LogP contribution in [0.15, 0.2) is 35.5 Å². The minimum Gasteiger partial charge on any atom is -0.388 e. The molecule has 0 aliphatic heterocycles. The fraction of sp³-hybridized carbons (Fsp3) is 0.250. The van der Waals surface area contributed by atoms with Crippen molar-refractivity contribution in [3.8, 4) is 11.8 Å². The predicted molar refractivity (Wildman–Crippen MR) is 89.5 cm³/mol. The van der Waals surface area contributed by atoms with Crippen LogP contribution in [0, 0.1) is 18.3 Å². The normalized spacial score (nSPS) is 10.8. The van der Waals surface area contributed by atoms with Crippen LogP contribution in [0.3, 0.4) is 0 Å². The molecule has 0 radical (unpaired) electrons. The van der Waals surface area contributed by atoms with Gasteiger partial charge in [0, 0.05) is 12.8 Å². The number of nitrogens with zero attached hydrogens (tertiary/aromatic N) is 6. The topological polar surface area (TPSA) is 92.5 Å². The van der Waals surface area contributed by atoms with Crippen LogP contribution in [-0.4, -0.2) is 29.7 Å². The summed E-state index contributed by atoms with van der Waals surface area (Å²) in [6.45, 7) is 1.67. The number of para-hydroxylation sites is 1. The summed E-state index contributed by atoms with van der Waals surface area (Å²) >= 11 is 1.45. The van der Waals surface area contributed by atoms with Crippen LogP contribution in [0.1, 0.15) is 22.8 Å². The van der Waals surface area contributed by atoms with Crippen molar-refractivity contribution in [1.29, 1.82) is 5.26 Å². The molecule has 3 rings (SSSR count). The highest BCUT2D eigenvalue weighted by Gasteiger charge is 2.18. The van der Waals surface area contributed by atoms with E-state index in [9.17, 15) is 10.4 Å². The summed E-state index contributed by atoms with van der Waals surface area (Å²) in [4.78, 5) is 0. The Labute approximate surface area is 143 Å². The molecule has 3 aromatic rings. The Hall–Kier alpha value is -2.63. The molecule has 0 aliphatic carbocycles. The van der Waals surface area contributed by atoms with Gasteiger partial charge in [0.2, 0.25) is 0 Å². The van der Waals surface area contributed by atoms with Crippen LogP contribution in [0.2, 0.25) is 0 Å². The summed E-state index contributed by atoms with van der Waals surface area (Å²) in [7, 11) is 1.80. The first kappa shape index (κ1) is 16.2. The van der Waals surface area contributed by atoms with Crippen molar-refractivity contribution in [3.63, 3.8) is 0 Å². The van der Waals surface area contributed by atoms with Crippen molar-refractivity contribution < 1.29 is 5.11 Å². The summed E-state index contributed by atoms with van der Waals surface area (Å²) < 4.78 is 3.54. The quantitative estimate of drug-likeness (QED) is 0.714. The van der Waals surface area contributed by atoms with Gasteiger partial charge in [-0.15, -0.1) is 10.2 Å². The molecule has 0 spiro atoms. The lowest BCUT2D eigenvalue weighted by Gasteiger charge is -2.07. The number of hydrogen-bond donors (Lipinski definition) is 1. The highest BCUT2D eigenvalue weighted by Crippen LogP contribution is 2.26. The third-order valence-electron chi connectivity index (χ3n) is 3.67. The Bertz CT molecular complexity index is 893. The van der Waals surface area contributed by atoms with E-state index in [1.54, 1.807) is 16.3 Å². The second kappa shape index (κ2) is 6.86. The Morgan fingerprint density at radius 1 is 1.25 bits per heavy atom. The van der Waals surface area contributed by atoms with E-state index in [0.717, 1.165) is 11.4 Å². The van der Waals surface area contributed by atoms with Gasteiger partial charge in [0.25, 0.3) is 0 Å². The Balaban J connectivity index is 1.95. The smallest absolute Gasteiger partial charge is 0.191 e. The Kier molecular flexibility index (Phi) is 4.64. The van der Waals surface area contributed by atoms with E-state index in [0.29, 0.717) is 28.0 Å². The SMILES string of the molecule is Cc1nn(-c2ccccc2)c(CSc2nnc(CO)n2C)c1C#N. The maximum atomic E-state index is 9.47. The monoisotopic (exact) mass is 340 g/mol. The summed E-state index contributed by atoms with van der Waals surface area (Å²) in [5.41, 5.74) is 3.01. The third-order valence-corrected chi connectivity index (χ3v) is 4.70. The Morgan fingerprint density at radius 3 is 2.62 bits per heavy atom. The average molecular weight is 340 g/mol. The predicted octanol–water partition coefficient (Wildman–Crippen LogP) is 1.97. The zero-order valence-electron chi connectivity index (χ0n) is 13.3. The average Bonchev–Trinajstić information content (AvgIpc) is 3.13. The number of benzene rings is 1. The number of aromatic nitrogens is 5. The molecule has 8 heteroatoms. The number of nitriles is 1. The lowest BCUT2D eigenvalue weighted by atomic mass is 10.2. The van der Waals surface area contributed by atoms with E-state index in [2.05, 4.69) is 21.4 Å². The summed E-state index contributed by atoms with van der Waals surface area (Å²) in [5.74, 6) is 1.03. The number of aryl methyl sites for hydroxylation is 1. The van der Waals surface area contributed by atoms with Gasteiger partial charge in [-0.25, -0.2) is 4.68 Å². The lowest BCUT2D eigenvalue weighted by molar-refractivity contribution is 0.266. The van der Waals surface area contributed by atoms with E-state index in [4.69, 9.17) is 0 Å². The van der Waals surface area contributed by atoms with Crippen LogP contribution >= 0.6 is 11.8 Å². The molecule has 122 valence electrons. The second-order valence-corrected chi connectivity index (χ2v) is 6.11. The third kappa shape index (κ3) is 2.91. The first-order valence-corrected chi connectivity index (χ1v) is 8.30. The standard InChI is InChI=1S/C16H16N6OS/c1-11-13(8-17)14(22(20-11)12-6-4-3-5-7-12)10-24-16-19-18-15(9-23)21(16)2/h3-7,23H,9-10H2,1-2H3. The molecular weight excluding hydrogens is 324 g/mol. The molecule has 0 bridgehead atoms. The summed E-state index contributed by atoms with van der Waals surface area (Å²) in [6.07, 6.45) is 0. The van der Waals surface area contributed by atoms with E-state index < -0.39 is 0 Å². The first-order chi connectivity index (χ1) is 11.7. The van der Waals surface area contributed by atoms with Gasteiger partial charge < -0.3 is 9.67 Å². The van der Waals surface area contributed by atoms with Gasteiger partial charge in [-0.1, -0.05) is 30.0 Å². The molecule has 2 aromatic heterocycles. The van der Waals surface area contributed by atoms with Gasteiger partial charge in [0.15, 0.2) is 11.0 Å². The van der Waals surface area contributed by atoms with Gasteiger partial charge in [0.1, 0.15) is 12.7 Å². The summed E-state index contributed by atoms with van der Waals surface area (Å²) in [5, 5.41) is 31.9. The molecule has 2 heterocycles. The van der Waals surface area contributed by atoms with Crippen molar-refractivity contribution in [1.82, 2.24) is 24.5 Å². The number of aliphatic hydroxyl groups is 1. The lowest BCUT2D eigenvalue weighted by Crippen LogP contribution is -2.03. The van der Waals surface area contributed by atoms with Crippen LogP contribution in [0.5, 0.6) is 0 Å². The maximum Gasteiger partial charge on any atom is 0.191 e. The molecule has 1 aromatic carbocycles. The number of hydrogen-bond acceptors (Lipinski definition) is 6. The molecule has 0 aliphatic rings. The van der Waals surface area contributed by atoms with Crippen molar-refractivity contribution in [2.45, 2.75) is 24.4 Å². The highest BCUT2D eigenvalue weighted by molar-refractivity contribution is 7.98. The van der Waals surface area contributed by atoms with Gasteiger partial charge in [-0.3, -0.25) is 0 Å². The van der Waals surface area contributed by atoms with Crippen molar-refractivity contribution in [3.05, 3.63) is 53.1 Å². The molecule has 7 nitrogen and oxygen atoms in total. The van der Waals surface area contributed by atoms with Crippen LogP contribution in [0.4, 0.5) is 0 Å². The van der Waals surface area contributed by atoms with Crippen LogP contribution in [0.25, 0.3) is 5.69 Å². The van der Waals surface area contributed by atoms with Gasteiger partial charge >= 0.3 is 0 Å².